The van der Waals surface area contributed by atoms with Crippen LogP contribution in [0.4, 0.5) is 4.39 Å². The molecule has 0 radical (unpaired) electrons. The molecule has 0 spiro atoms. The van der Waals surface area contributed by atoms with Gasteiger partial charge in [0, 0.05) is 16.2 Å². The van der Waals surface area contributed by atoms with Crippen LogP contribution in [0.1, 0.15) is 21.6 Å². The fourth-order valence-electron chi connectivity index (χ4n) is 1.84. The van der Waals surface area contributed by atoms with E-state index in [-0.39, 0.29) is 18.1 Å². The second kappa shape index (κ2) is 4.94. The Kier molecular flexibility index (Phi) is 3.52. The third-order valence-corrected chi connectivity index (χ3v) is 3.22. The second-order valence-electron chi connectivity index (χ2n) is 4.02. The molecule has 1 N–H and O–H groups in total. The van der Waals surface area contributed by atoms with Crippen LogP contribution in [-0.4, -0.2) is 15.6 Å². The number of carboxylic acids is 1. The number of nitrogens with zero attached hydrogens (tertiary/aromatic N) is 1. The number of aromatic carboxylic acids is 1. The molecule has 1 aromatic carbocycles. The highest BCUT2D eigenvalue weighted by molar-refractivity contribution is 9.10. The lowest BCUT2D eigenvalue weighted by Gasteiger charge is -2.08. The molecular weight excluding hydrogens is 301 g/mol. The summed E-state index contributed by atoms with van der Waals surface area (Å²) in [4.78, 5) is 11.1. The van der Waals surface area contributed by atoms with Crippen LogP contribution >= 0.6 is 15.9 Å². The highest BCUT2D eigenvalue weighted by Crippen LogP contribution is 2.18. The summed E-state index contributed by atoms with van der Waals surface area (Å²) >= 11 is 3.18. The number of carbonyl (C=O) groups is 1. The molecule has 18 heavy (non-hydrogen) atoms. The van der Waals surface area contributed by atoms with Crippen LogP contribution in [0.15, 0.2) is 34.9 Å². The van der Waals surface area contributed by atoms with E-state index < -0.39 is 5.97 Å². The molecule has 0 aliphatic carbocycles. The Bertz CT molecular complexity index is 607. The maximum atomic E-state index is 13.7. The first-order chi connectivity index (χ1) is 8.49. The van der Waals surface area contributed by atoms with Crippen molar-refractivity contribution in [3.63, 3.8) is 0 Å². The Morgan fingerprint density at radius 3 is 2.78 bits per heavy atom. The summed E-state index contributed by atoms with van der Waals surface area (Å²) in [6.45, 7) is 1.92. The molecule has 5 heteroatoms. The molecule has 2 rings (SSSR count). The number of aromatic nitrogens is 1. The van der Waals surface area contributed by atoms with Gasteiger partial charge >= 0.3 is 5.97 Å². The zero-order valence-corrected chi connectivity index (χ0v) is 11.2. The fraction of sp³-hybridized carbons (Fsp3) is 0.154. The highest BCUT2D eigenvalue weighted by atomic mass is 79.9. The van der Waals surface area contributed by atoms with E-state index in [9.17, 15) is 9.18 Å². The number of carboxylic acid groups (broad SMARTS) is 1. The average molecular weight is 312 g/mol. The molecule has 94 valence electrons. The summed E-state index contributed by atoms with van der Waals surface area (Å²) in [7, 11) is 0. The smallest absolute Gasteiger partial charge is 0.352 e. The highest BCUT2D eigenvalue weighted by Gasteiger charge is 2.14. The van der Waals surface area contributed by atoms with Crippen molar-refractivity contribution in [2.24, 2.45) is 0 Å². The van der Waals surface area contributed by atoms with Gasteiger partial charge in [-0.3, -0.25) is 0 Å². The normalized spacial score (nSPS) is 10.6. The van der Waals surface area contributed by atoms with Gasteiger partial charge in [0.2, 0.25) is 0 Å². The van der Waals surface area contributed by atoms with Crippen molar-refractivity contribution in [2.75, 3.05) is 0 Å². The molecule has 0 aliphatic rings. The number of halogens is 2. The van der Waals surface area contributed by atoms with E-state index in [4.69, 9.17) is 5.11 Å². The molecular formula is C13H11BrFNO2. The minimum atomic E-state index is -1.00. The van der Waals surface area contributed by atoms with Gasteiger partial charge < -0.3 is 9.67 Å². The molecule has 0 amide bonds. The van der Waals surface area contributed by atoms with Crippen LogP contribution in [-0.2, 0) is 6.54 Å². The summed E-state index contributed by atoms with van der Waals surface area (Å²) in [5.41, 5.74) is 1.31. The maximum Gasteiger partial charge on any atom is 0.352 e. The standard InChI is InChI=1S/C13H11BrFNO2/c1-8-4-5-16(12(8)13(17)18)7-9-2-3-10(14)6-11(9)15/h2-6H,7H2,1H3,(H,17,18). The Labute approximate surface area is 112 Å². The van der Waals surface area contributed by atoms with Crippen LogP contribution < -0.4 is 0 Å². The third kappa shape index (κ3) is 2.46. The molecule has 0 fully saturated rings. The molecule has 2 aromatic rings. The summed E-state index contributed by atoms with van der Waals surface area (Å²) < 4.78 is 15.9. The van der Waals surface area contributed by atoms with Gasteiger partial charge in [-0.2, -0.15) is 0 Å². The second-order valence-corrected chi connectivity index (χ2v) is 4.93. The SMILES string of the molecule is Cc1ccn(Cc2ccc(Br)cc2F)c1C(=O)O. The monoisotopic (exact) mass is 311 g/mol. The molecule has 1 heterocycles. The van der Waals surface area contributed by atoms with Gasteiger partial charge in [0.1, 0.15) is 11.5 Å². The van der Waals surface area contributed by atoms with Crippen LogP contribution in [0.25, 0.3) is 0 Å². The van der Waals surface area contributed by atoms with Gasteiger partial charge in [0.05, 0.1) is 6.54 Å². The fourth-order valence-corrected chi connectivity index (χ4v) is 2.17. The molecule has 0 bridgehead atoms. The predicted octanol–water partition coefficient (Wildman–Crippen LogP) is 3.44. The predicted molar refractivity (Wildman–Crippen MR) is 69.3 cm³/mol. The van der Waals surface area contributed by atoms with Crippen molar-refractivity contribution in [3.05, 3.63) is 57.6 Å². The number of rotatable bonds is 3. The van der Waals surface area contributed by atoms with Crippen molar-refractivity contribution in [1.29, 1.82) is 0 Å². The summed E-state index contributed by atoms with van der Waals surface area (Å²) in [5, 5.41) is 9.10. The molecule has 0 saturated heterocycles. The summed E-state index contributed by atoms with van der Waals surface area (Å²) in [6.07, 6.45) is 1.65. The summed E-state index contributed by atoms with van der Waals surface area (Å²) in [5.74, 6) is -1.36. The number of benzene rings is 1. The zero-order valence-electron chi connectivity index (χ0n) is 9.65. The lowest BCUT2D eigenvalue weighted by molar-refractivity contribution is 0.0685. The number of hydrogen-bond acceptors (Lipinski definition) is 1. The van der Waals surface area contributed by atoms with Crippen LogP contribution in [0.2, 0.25) is 0 Å². The van der Waals surface area contributed by atoms with E-state index in [0.29, 0.717) is 15.6 Å². The topological polar surface area (TPSA) is 42.2 Å². The van der Waals surface area contributed by atoms with Crippen molar-refractivity contribution >= 4 is 21.9 Å². The molecule has 3 nitrogen and oxygen atoms in total. The Balaban J connectivity index is 2.37. The zero-order chi connectivity index (χ0) is 13.3. The molecule has 0 saturated carbocycles. The number of hydrogen-bond donors (Lipinski definition) is 1. The van der Waals surface area contributed by atoms with Crippen molar-refractivity contribution < 1.29 is 14.3 Å². The van der Waals surface area contributed by atoms with Gasteiger partial charge in [0.15, 0.2) is 0 Å². The first-order valence-electron chi connectivity index (χ1n) is 5.32. The average Bonchev–Trinajstić information content (AvgIpc) is 2.64. The molecule has 1 aromatic heterocycles. The molecule has 0 aliphatic heterocycles. The first kappa shape index (κ1) is 12.8. The van der Waals surface area contributed by atoms with Crippen LogP contribution in [0.3, 0.4) is 0 Å². The van der Waals surface area contributed by atoms with Gasteiger partial charge in [0.25, 0.3) is 0 Å². The molecule has 0 atom stereocenters. The molecule has 0 unspecified atom stereocenters. The van der Waals surface area contributed by atoms with E-state index in [0.717, 1.165) is 0 Å². The lowest BCUT2D eigenvalue weighted by atomic mass is 10.2. The maximum absolute atomic E-state index is 13.7. The Hall–Kier alpha value is -1.62. The van der Waals surface area contributed by atoms with Gasteiger partial charge in [-0.25, -0.2) is 9.18 Å². The quantitative estimate of drug-likeness (QED) is 0.943. The van der Waals surface area contributed by atoms with E-state index in [1.807, 2.05) is 0 Å². The van der Waals surface area contributed by atoms with Gasteiger partial charge in [-0.05, 0) is 30.7 Å². The minimum Gasteiger partial charge on any atom is -0.477 e. The van der Waals surface area contributed by atoms with Crippen molar-refractivity contribution in [1.82, 2.24) is 4.57 Å². The minimum absolute atomic E-state index is 0.192. The van der Waals surface area contributed by atoms with Gasteiger partial charge in [-0.15, -0.1) is 0 Å². The number of aryl methyl sites for hydroxylation is 1. The summed E-state index contributed by atoms with van der Waals surface area (Å²) in [6, 6.07) is 6.45. The lowest BCUT2D eigenvalue weighted by Crippen LogP contribution is -2.10. The van der Waals surface area contributed by atoms with E-state index >= 15 is 0 Å². The Morgan fingerprint density at radius 2 is 2.17 bits per heavy atom. The first-order valence-corrected chi connectivity index (χ1v) is 6.11. The van der Waals surface area contributed by atoms with Crippen molar-refractivity contribution in [3.8, 4) is 0 Å². The van der Waals surface area contributed by atoms with Crippen molar-refractivity contribution in [2.45, 2.75) is 13.5 Å². The van der Waals surface area contributed by atoms with E-state index in [1.54, 1.807) is 31.3 Å². The van der Waals surface area contributed by atoms with Crippen LogP contribution in [0.5, 0.6) is 0 Å². The van der Waals surface area contributed by atoms with Crippen LogP contribution in [0, 0.1) is 12.7 Å². The van der Waals surface area contributed by atoms with E-state index in [1.165, 1.54) is 10.6 Å². The third-order valence-electron chi connectivity index (χ3n) is 2.72. The Morgan fingerprint density at radius 1 is 1.44 bits per heavy atom. The van der Waals surface area contributed by atoms with E-state index in [2.05, 4.69) is 15.9 Å². The van der Waals surface area contributed by atoms with Gasteiger partial charge in [-0.1, -0.05) is 22.0 Å². The largest absolute Gasteiger partial charge is 0.477 e.